The molecule has 0 heterocycles. The summed E-state index contributed by atoms with van der Waals surface area (Å²) in [4.78, 5) is 2.31. The van der Waals surface area contributed by atoms with Crippen molar-refractivity contribution in [3.05, 3.63) is 65.7 Å². The Morgan fingerprint density at radius 2 is 1.41 bits per heavy atom. The molecule has 0 saturated carbocycles. The van der Waals surface area contributed by atoms with Crippen molar-refractivity contribution in [3.63, 3.8) is 0 Å². The van der Waals surface area contributed by atoms with E-state index in [0.29, 0.717) is 0 Å². The van der Waals surface area contributed by atoms with Crippen LogP contribution in [-0.4, -0.2) is 52.2 Å². The molecule has 3 atom stereocenters. The van der Waals surface area contributed by atoms with Crippen LogP contribution in [0.1, 0.15) is 31.0 Å². The van der Waals surface area contributed by atoms with E-state index in [2.05, 4.69) is 50.1 Å². The molecule has 158 valence electrons. The Labute approximate surface area is 174 Å². The monoisotopic (exact) mass is 399 g/mol. The second kappa shape index (κ2) is 11.6. The summed E-state index contributed by atoms with van der Waals surface area (Å²) in [5.41, 5.74) is 2.32. The van der Waals surface area contributed by atoms with Crippen molar-refractivity contribution in [1.29, 1.82) is 0 Å². The molecule has 0 fully saturated rings. The molecule has 0 unspecified atom stereocenters. The van der Waals surface area contributed by atoms with Crippen molar-refractivity contribution in [2.45, 2.75) is 32.0 Å². The molecule has 0 saturated heterocycles. The zero-order valence-corrected chi connectivity index (χ0v) is 18.3. The smallest absolute Gasteiger partial charge is 0.147 e. The van der Waals surface area contributed by atoms with E-state index in [4.69, 9.17) is 18.9 Å². The van der Waals surface area contributed by atoms with E-state index < -0.39 is 0 Å². The zero-order valence-electron chi connectivity index (χ0n) is 18.3. The van der Waals surface area contributed by atoms with Crippen molar-refractivity contribution in [1.82, 2.24) is 4.90 Å². The highest BCUT2D eigenvalue weighted by Crippen LogP contribution is 2.25. The third kappa shape index (κ3) is 6.60. The second-order valence-electron chi connectivity index (χ2n) is 7.03. The molecule has 2 rings (SSSR count). The first-order valence-corrected chi connectivity index (χ1v) is 9.78. The number of ether oxygens (including phenoxy) is 4. The summed E-state index contributed by atoms with van der Waals surface area (Å²) < 4.78 is 21.6. The van der Waals surface area contributed by atoms with Crippen LogP contribution in [0.25, 0.3) is 6.08 Å². The molecule has 0 aliphatic rings. The first-order chi connectivity index (χ1) is 14.0. The lowest BCUT2D eigenvalue weighted by Crippen LogP contribution is -2.41. The lowest BCUT2D eigenvalue weighted by atomic mass is 10.0. The summed E-state index contributed by atoms with van der Waals surface area (Å²) >= 11 is 0. The topological polar surface area (TPSA) is 40.2 Å². The minimum Gasteiger partial charge on any atom is -0.497 e. The molecule has 0 N–H and O–H groups in total. The van der Waals surface area contributed by atoms with E-state index >= 15 is 0 Å². The average Bonchev–Trinajstić information content (AvgIpc) is 2.78. The second-order valence-corrected chi connectivity index (χ2v) is 7.03. The zero-order chi connectivity index (χ0) is 21.2. The van der Waals surface area contributed by atoms with E-state index in [1.807, 2.05) is 36.4 Å². The van der Waals surface area contributed by atoms with E-state index in [-0.39, 0.29) is 25.0 Å². The molecule has 0 aliphatic heterocycles. The summed E-state index contributed by atoms with van der Waals surface area (Å²) in [6, 6.07) is 16.5. The van der Waals surface area contributed by atoms with Gasteiger partial charge in [0.15, 0.2) is 0 Å². The molecule has 5 nitrogen and oxygen atoms in total. The highest BCUT2D eigenvalue weighted by Gasteiger charge is 2.24. The van der Waals surface area contributed by atoms with Crippen molar-refractivity contribution < 1.29 is 18.9 Å². The average molecular weight is 400 g/mol. The Morgan fingerprint density at radius 1 is 0.862 bits per heavy atom. The van der Waals surface area contributed by atoms with Gasteiger partial charge in [-0.05, 0) is 56.3 Å². The van der Waals surface area contributed by atoms with Gasteiger partial charge in [-0.2, -0.15) is 0 Å². The van der Waals surface area contributed by atoms with Crippen molar-refractivity contribution in [2.75, 3.05) is 35.2 Å². The molecule has 0 amide bonds. The highest BCUT2D eigenvalue weighted by atomic mass is 16.7. The highest BCUT2D eigenvalue weighted by molar-refractivity contribution is 5.51. The fourth-order valence-electron chi connectivity index (χ4n) is 3.13. The number of benzene rings is 2. The third-order valence-corrected chi connectivity index (χ3v) is 5.30. The Kier molecular flexibility index (Phi) is 9.19. The number of methoxy groups -OCH3 is 3. The van der Waals surface area contributed by atoms with Crippen LogP contribution in [0.4, 0.5) is 0 Å². The molecule has 5 heteroatoms. The van der Waals surface area contributed by atoms with Gasteiger partial charge in [0.2, 0.25) is 0 Å². The van der Waals surface area contributed by atoms with Gasteiger partial charge < -0.3 is 18.9 Å². The maximum Gasteiger partial charge on any atom is 0.147 e. The Bertz CT molecular complexity index is 742. The molecule has 0 bridgehead atoms. The normalized spacial score (nSPS) is 14.7. The van der Waals surface area contributed by atoms with Crippen molar-refractivity contribution in [3.8, 4) is 11.5 Å². The van der Waals surface area contributed by atoms with Crippen LogP contribution in [0.15, 0.2) is 54.6 Å². The lowest BCUT2D eigenvalue weighted by Gasteiger charge is -2.35. The Morgan fingerprint density at radius 3 is 1.93 bits per heavy atom. The molecule has 0 spiro atoms. The maximum atomic E-state index is 5.97. The molecular weight excluding hydrogens is 366 g/mol. The molecule has 0 radical (unpaired) electrons. The van der Waals surface area contributed by atoms with E-state index in [0.717, 1.165) is 17.1 Å². The Hall–Kier alpha value is -2.34. The largest absolute Gasteiger partial charge is 0.497 e. The SMILES string of the molecule is COCO[C@@H](/C=C/c1ccc(OC)cc1)[C@@H](C)N(C)[C@H](C)c1ccc(OC)cc1. The van der Waals surface area contributed by atoms with Crippen LogP contribution < -0.4 is 9.47 Å². The fourth-order valence-corrected chi connectivity index (χ4v) is 3.13. The van der Waals surface area contributed by atoms with Crippen LogP contribution >= 0.6 is 0 Å². The fraction of sp³-hybridized carbons (Fsp3) is 0.417. The van der Waals surface area contributed by atoms with Gasteiger partial charge in [0.25, 0.3) is 0 Å². The van der Waals surface area contributed by atoms with Crippen LogP contribution in [0.2, 0.25) is 0 Å². The third-order valence-electron chi connectivity index (χ3n) is 5.30. The van der Waals surface area contributed by atoms with Gasteiger partial charge in [-0.1, -0.05) is 36.4 Å². The van der Waals surface area contributed by atoms with Crippen LogP contribution in [-0.2, 0) is 9.47 Å². The number of likely N-dealkylation sites (N-methyl/N-ethyl adjacent to an activating group) is 1. The van der Waals surface area contributed by atoms with Gasteiger partial charge in [-0.3, -0.25) is 4.90 Å². The van der Waals surface area contributed by atoms with Gasteiger partial charge in [0.05, 0.1) is 20.3 Å². The molecule has 2 aromatic carbocycles. The quantitative estimate of drug-likeness (QED) is 0.508. The van der Waals surface area contributed by atoms with E-state index in [1.54, 1.807) is 21.3 Å². The summed E-state index contributed by atoms with van der Waals surface area (Å²) in [5, 5.41) is 0. The molecule has 0 aliphatic carbocycles. The standard InChI is InChI=1S/C24H33NO4/c1-18(21-10-14-23(28-6)15-11-21)25(3)19(2)24(29-17-26-4)16-9-20-7-12-22(27-5)13-8-20/h7-16,18-19,24H,17H2,1-6H3/b16-9+/t18-,19-,24+/m1/s1. The van der Waals surface area contributed by atoms with Gasteiger partial charge in [0.1, 0.15) is 18.3 Å². The van der Waals surface area contributed by atoms with Gasteiger partial charge >= 0.3 is 0 Å². The lowest BCUT2D eigenvalue weighted by molar-refractivity contribution is -0.0795. The molecular formula is C24H33NO4. The number of hydrogen-bond acceptors (Lipinski definition) is 5. The van der Waals surface area contributed by atoms with Crippen LogP contribution in [0.3, 0.4) is 0 Å². The van der Waals surface area contributed by atoms with E-state index in [9.17, 15) is 0 Å². The first-order valence-electron chi connectivity index (χ1n) is 9.78. The molecule has 2 aromatic rings. The minimum absolute atomic E-state index is 0.122. The van der Waals surface area contributed by atoms with Gasteiger partial charge in [-0.15, -0.1) is 0 Å². The predicted molar refractivity (Wildman–Crippen MR) is 117 cm³/mol. The predicted octanol–water partition coefficient (Wildman–Crippen LogP) is 4.79. The van der Waals surface area contributed by atoms with Gasteiger partial charge in [0, 0.05) is 19.2 Å². The maximum absolute atomic E-state index is 5.97. The summed E-state index contributed by atoms with van der Waals surface area (Å²) in [6.45, 7) is 4.60. The number of nitrogens with zero attached hydrogens (tertiary/aromatic N) is 1. The van der Waals surface area contributed by atoms with Crippen molar-refractivity contribution in [2.24, 2.45) is 0 Å². The van der Waals surface area contributed by atoms with E-state index in [1.165, 1.54) is 5.56 Å². The number of hydrogen-bond donors (Lipinski definition) is 0. The van der Waals surface area contributed by atoms with Gasteiger partial charge in [-0.25, -0.2) is 0 Å². The molecule has 0 aromatic heterocycles. The summed E-state index contributed by atoms with van der Waals surface area (Å²) in [6.07, 6.45) is 4.04. The van der Waals surface area contributed by atoms with Crippen LogP contribution in [0.5, 0.6) is 11.5 Å². The first kappa shape index (κ1) is 22.9. The minimum atomic E-state index is -0.122. The van der Waals surface area contributed by atoms with Crippen molar-refractivity contribution >= 4 is 6.08 Å². The Balaban J connectivity index is 2.12. The summed E-state index contributed by atoms with van der Waals surface area (Å²) in [5.74, 6) is 1.70. The summed E-state index contributed by atoms with van der Waals surface area (Å²) in [7, 11) is 7.10. The molecule has 29 heavy (non-hydrogen) atoms. The number of rotatable bonds is 11. The van der Waals surface area contributed by atoms with Crippen LogP contribution in [0, 0.1) is 0 Å².